The minimum Gasteiger partial charge on any atom is -0.337 e. The number of rotatable bonds is 6. The first-order chi connectivity index (χ1) is 8.92. The molecule has 0 heterocycles. The van der Waals surface area contributed by atoms with Crippen molar-refractivity contribution in [2.45, 2.75) is 45.7 Å². The van der Waals surface area contributed by atoms with E-state index in [0.29, 0.717) is 24.5 Å². The number of amides is 1. The first kappa shape index (κ1) is 16.0. The van der Waals surface area contributed by atoms with Crippen molar-refractivity contribution in [3.05, 3.63) is 34.9 Å². The fourth-order valence-electron chi connectivity index (χ4n) is 2.15. The molecule has 1 aromatic rings. The smallest absolute Gasteiger partial charge is 0.242 e. The van der Waals surface area contributed by atoms with Gasteiger partial charge in [0, 0.05) is 18.1 Å². The van der Waals surface area contributed by atoms with Crippen LogP contribution in [0, 0.1) is 0 Å². The van der Waals surface area contributed by atoms with Gasteiger partial charge in [0.2, 0.25) is 5.91 Å². The number of hydrogen-bond donors (Lipinski definition) is 1. The van der Waals surface area contributed by atoms with Crippen LogP contribution < -0.4 is 5.73 Å². The third-order valence-corrected chi connectivity index (χ3v) is 3.61. The summed E-state index contributed by atoms with van der Waals surface area (Å²) in [5, 5.41) is 0.683. The van der Waals surface area contributed by atoms with E-state index in [1.54, 1.807) is 11.8 Å². The quantitative estimate of drug-likeness (QED) is 0.871. The Morgan fingerprint density at radius 3 is 2.53 bits per heavy atom. The van der Waals surface area contributed by atoms with E-state index in [4.69, 9.17) is 17.3 Å². The molecule has 0 saturated carbocycles. The Bertz CT molecular complexity index is 432. The summed E-state index contributed by atoms with van der Waals surface area (Å²) in [5.41, 5.74) is 6.27. The lowest BCUT2D eigenvalue weighted by Gasteiger charge is -2.31. The highest BCUT2D eigenvalue weighted by atomic mass is 35.5. The van der Waals surface area contributed by atoms with Crippen LogP contribution in [0.1, 0.15) is 39.2 Å². The van der Waals surface area contributed by atoms with Crippen molar-refractivity contribution in [1.29, 1.82) is 0 Å². The summed E-state index contributed by atoms with van der Waals surface area (Å²) in [4.78, 5) is 14.2. The first-order valence-corrected chi connectivity index (χ1v) is 7.11. The van der Waals surface area contributed by atoms with Crippen molar-refractivity contribution in [1.82, 2.24) is 4.90 Å². The van der Waals surface area contributed by atoms with E-state index in [-0.39, 0.29) is 5.91 Å². The van der Waals surface area contributed by atoms with Gasteiger partial charge in [-0.15, -0.1) is 0 Å². The van der Waals surface area contributed by atoms with E-state index in [2.05, 4.69) is 0 Å². The van der Waals surface area contributed by atoms with Gasteiger partial charge in [0.15, 0.2) is 0 Å². The highest BCUT2D eigenvalue weighted by molar-refractivity contribution is 6.31. The Morgan fingerprint density at radius 1 is 1.37 bits per heavy atom. The number of carbonyl (C=O) groups is 1. The first-order valence-electron chi connectivity index (χ1n) is 6.74. The molecule has 0 radical (unpaired) electrons. The van der Waals surface area contributed by atoms with Crippen LogP contribution in [0.4, 0.5) is 0 Å². The summed E-state index contributed by atoms with van der Waals surface area (Å²) >= 11 is 6.14. The molecule has 2 N–H and O–H groups in total. The Labute approximate surface area is 120 Å². The molecule has 1 atom stereocenters. The maximum atomic E-state index is 12.5. The Morgan fingerprint density at radius 2 is 2.00 bits per heavy atom. The molecule has 0 aliphatic heterocycles. The van der Waals surface area contributed by atoms with Gasteiger partial charge in [-0.2, -0.15) is 0 Å². The monoisotopic (exact) mass is 282 g/mol. The Hall–Kier alpha value is -1.06. The number of nitrogens with zero attached hydrogens (tertiary/aromatic N) is 1. The van der Waals surface area contributed by atoms with Crippen LogP contribution >= 0.6 is 11.6 Å². The van der Waals surface area contributed by atoms with Crippen molar-refractivity contribution in [2.75, 3.05) is 6.54 Å². The van der Waals surface area contributed by atoms with Gasteiger partial charge in [-0.3, -0.25) is 4.79 Å². The second-order valence-corrected chi connectivity index (χ2v) is 5.49. The molecule has 0 fully saturated rings. The maximum Gasteiger partial charge on any atom is 0.242 e. The van der Waals surface area contributed by atoms with E-state index < -0.39 is 5.54 Å². The molecule has 0 aromatic heterocycles. The molecule has 106 valence electrons. The highest BCUT2D eigenvalue weighted by Crippen LogP contribution is 2.19. The zero-order valence-electron chi connectivity index (χ0n) is 11.9. The maximum absolute atomic E-state index is 12.5. The summed E-state index contributed by atoms with van der Waals surface area (Å²) in [6.07, 6.45) is 1.58. The SMILES string of the molecule is CCCC(C)(N)C(=O)N(CC)Cc1ccccc1Cl. The summed E-state index contributed by atoms with van der Waals surface area (Å²) in [6, 6.07) is 7.58. The topological polar surface area (TPSA) is 46.3 Å². The number of likely N-dealkylation sites (N-methyl/N-ethyl adjacent to an activating group) is 1. The zero-order valence-corrected chi connectivity index (χ0v) is 12.7. The van der Waals surface area contributed by atoms with Gasteiger partial charge in [-0.05, 0) is 31.9 Å². The van der Waals surface area contributed by atoms with E-state index >= 15 is 0 Å². The minimum atomic E-state index is -0.800. The number of benzene rings is 1. The molecule has 0 aliphatic rings. The van der Waals surface area contributed by atoms with E-state index in [1.807, 2.05) is 38.1 Å². The number of halogens is 1. The van der Waals surface area contributed by atoms with E-state index in [0.717, 1.165) is 12.0 Å². The summed E-state index contributed by atoms with van der Waals surface area (Å²) in [6.45, 7) is 6.92. The number of carbonyl (C=O) groups excluding carboxylic acids is 1. The molecule has 1 amide bonds. The summed E-state index contributed by atoms with van der Waals surface area (Å²) in [7, 11) is 0. The van der Waals surface area contributed by atoms with Crippen molar-refractivity contribution in [2.24, 2.45) is 5.73 Å². The predicted octanol–water partition coefficient (Wildman–Crippen LogP) is 3.21. The predicted molar refractivity (Wildman–Crippen MR) is 80.0 cm³/mol. The van der Waals surface area contributed by atoms with Gasteiger partial charge in [0.25, 0.3) is 0 Å². The fourth-order valence-corrected chi connectivity index (χ4v) is 2.34. The van der Waals surface area contributed by atoms with Crippen molar-refractivity contribution in [3.63, 3.8) is 0 Å². The van der Waals surface area contributed by atoms with Crippen molar-refractivity contribution < 1.29 is 4.79 Å². The lowest BCUT2D eigenvalue weighted by atomic mass is 9.95. The van der Waals surface area contributed by atoms with Crippen LogP contribution in [0.2, 0.25) is 5.02 Å². The molecule has 0 spiro atoms. The van der Waals surface area contributed by atoms with Crippen LogP contribution in [-0.4, -0.2) is 22.9 Å². The number of nitrogens with two attached hydrogens (primary N) is 1. The zero-order chi connectivity index (χ0) is 14.5. The normalized spacial score (nSPS) is 13.9. The van der Waals surface area contributed by atoms with E-state index in [9.17, 15) is 4.79 Å². The van der Waals surface area contributed by atoms with Crippen molar-refractivity contribution >= 4 is 17.5 Å². The third-order valence-electron chi connectivity index (χ3n) is 3.25. The molecule has 0 saturated heterocycles. The fraction of sp³-hybridized carbons (Fsp3) is 0.533. The number of hydrogen-bond acceptors (Lipinski definition) is 2. The second-order valence-electron chi connectivity index (χ2n) is 5.08. The molecule has 1 unspecified atom stereocenters. The molecule has 0 aliphatic carbocycles. The molecule has 0 bridgehead atoms. The summed E-state index contributed by atoms with van der Waals surface area (Å²) in [5.74, 6) is -0.0169. The highest BCUT2D eigenvalue weighted by Gasteiger charge is 2.31. The standard InChI is InChI=1S/C15H23ClN2O/c1-4-10-15(3,17)14(19)18(5-2)11-12-8-6-7-9-13(12)16/h6-9H,4-5,10-11,17H2,1-3H3. The average molecular weight is 283 g/mol. The molecule has 1 aromatic carbocycles. The van der Waals surface area contributed by atoms with Crippen LogP contribution in [-0.2, 0) is 11.3 Å². The van der Waals surface area contributed by atoms with Gasteiger partial charge in [0.1, 0.15) is 0 Å². The van der Waals surface area contributed by atoms with Gasteiger partial charge in [0.05, 0.1) is 5.54 Å². The van der Waals surface area contributed by atoms with Crippen molar-refractivity contribution in [3.8, 4) is 0 Å². The summed E-state index contributed by atoms with van der Waals surface area (Å²) < 4.78 is 0. The largest absolute Gasteiger partial charge is 0.337 e. The second kappa shape index (κ2) is 6.92. The third kappa shape index (κ3) is 4.22. The van der Waals surface area contributed by atoms with Crippen LogP contribution in [0.25, 0.3) is 0 Å². The van der Waals surface area contributed by atoms with Crippen LogP contribution in [0.5, 0.6) is 0 Å². The lowest BCUT2D eigenvalue weighted by molar-refractivity contribution is -0.137. The molecular weight excluding hydrogens is 260 g/mol. The Kier molecular flexibility index (Phi) is 5.83. The molecule has 1 rings (SSSR count). The minimum absolute atomic E-state index is 0.0169. The van der Waals surface area contributed by atoms with Gasteiger partial charge in [-0.25, -0.2) is 0 Å². The molecular formula is C15H23ClN2O. The van der Waals surface area contributed by atoms with Crippen LogP contribution in [0.3, 0.4) is 0 Å². The van der Waals surface area contributed by atoms with E-state index in [1.165, 1.54) is 0 Å². The molecule has 3 nitrogen and oxygen atoms in total. The Balaban J connectivity index is 2.84. The van der Waals surface area contributed by atoms with Crippen LogP contribution in [0.15, 0.2) is 24.3 Å². The average Bonchev–Trinajstić information content (AvgIpc) is 2.37. The lowest BCUT2D eigenvalue weighted by Crippen LogP contribution is -2.52. The molecule has 19 heavy (non-hydrogen) atoms. The van der Waals surface area contributed by atoms with Gasteiger partial charge < -0.3 is 10.6 Å². The van der Waals surface area contributed by atoms with Gasteiger partial charge in [-0.1, -0.05) is 43.1 Å². The molecule has 4 heteroatoms. The van der Waals surface area contributed by atoms with Gasteiger partial charge >= 0.3 is 0 Å².